The number of hydrogen-bond acceptors (Lipinski definition) is 5. The number of ether oxygens (including phenoxy) is 1. The van der Waals surface area contributed by atoms with Crippen molar-refractivity contribution in [3.8, 4) is 0 Å². The van der Waals surface area contributed by atoms with Gasteiger partial charge in [0.15, 0.2) is 6.29 Å². The lowest BCUT2D eigenvalue weighted by atomic mass is 10.1. The van der Waals surface area contributed by atoms with E-state index in [4.69, 9.17) is 9.84 Å². The van der Waals surface area contributed by atoms with E-state index in [0.717, 1.165) is 47.2 Å². The highest BCUT2D eigenvalue weighted by molar-refractivity contribution is 14.1. The Morgan fingerprint density at radius 3 is 3.05 bits per heavy atom. The van der Waals surface area contributed by atoms with Gasteiger partial charge in [-0.05, 0) is 47.2 Å². The van der Waals surface area contributed by atoms with Crippen molar-refractivity contribution < 1.29 is 14.6 Å². The van der Waals surface area contributed by atoms with E-state index in [2.05, 4.69) is 38.9 Å². The number of carbonyl (C=O) groups is 1. The van der Waals surface area contributed by atoms with Crippen molar-refractivity contribution in [3.05, 3.63) is 27.3 Å². The Labute approximate surface area is 138 Å². The normalized spacial score (nSPS) is 18.8. The van der Waals surface area contributed by atoms with Gasteiger partial charge in [0.05, 0.1) is 13.2 Å². The average molecular weight is 404 g/mol. The highest BCUT2D eigenvalue weighted by Crippen LogP contribution is 2.24. The van der Waals surface area contributed by atoms with Crippen LogP contribution in [0.4, 0.5) is 5.69 Å². The number of benzene rings is 1. The third-order valence-corrected chi connectivity index (χ3v) is 4.56. The number of aliphatic hydroxyl groups excluding tert-OH is 1. The molecule has 1 unspecified atom stereocenters. The third-order valence-electron chi connectivity index (χ3n) is 3.62. The van der Waals surface area contributed by atoms with E-state index in [0.29, 0.717) is 19.3 Å². The molecule has 1 saturated heterocycles. The molecule has 116 valence electrons. The molecule has 0 aliphatic carbocycles. The van der Waals surface area contributed by atoms with Crippen molar-refractivity contribution in [2.75, 3.05) is 44.4 Å². The number of aldehydes is 1. The summed E-state index contributed by atoms with van der Waals surface area (Å²) in [5.41, 5.74) is 1.89. The van der Waals surface area contributed by atoms with Crippen molar-refractivity contribution in [2.24, 2.45) is 0 Å². The number of nitrogens with zero attached hydrogens (tertiary/aromatic N) is 1. The molecule has 2 N–H and O–H groups in total. The van der Waals surface area contributed by atoms with Crippen LogP contribution in [0.25, 0.3) is 0 Å². The van der Waals surface area contributed by atoms with Gasteiger partial charge in [-0.25, -0.2) is 0 Å². The van der Waals surface area contributed by atoms with Crippen LogP contribution in [0.2, 0.25) is 0 Å². The zero-order valence-electron chi connectivity index (χ0n) is 11.9. The second-order valence-corrected chi connectivity index (χ2v) is 6.16. The average Bonchev–Trinajstić information content (AvgIpc) is 2.52. The molecule has 1 aromatic carbocycles. The lowest BCUT2D eigenvalue weighted by Crippen LogP contribution is -2.51. The lowest BCUT2D eigenvalue weighted by Gasteiger charge is -2.38. The number of rotatable bonds is 7. The van der Waals surface area contributed by atoms with E-state index in [1.165, 1.54) is 0 Å². The molecule has 6 heteroatoms. The summed E-state index contributed by atoms with van der Waals surface area (Å²) in [4.78, 5) is 13.3. The molecular weight excluding hydrogens is 383 g/mol. The first-order chi connectivity index (χ1) is 10.3. The molecule has 1 fully saturated rings. The summed E-state index contributed by atoms with van der Waals surface area (Å²) in [6.07, 6.45) is 1.81. The van der Waals surface area contributed by atoms with Gasteiger partial charge in [0.25, 0.3) is 0 Å². The van der Waals surface area contributed by atoms with Gasteiger partial charge in [-0.3, -0.25) is 4.79 Å². The second kappa shape index (κ2) is 8.67. The molecule has 1 aliphatic heterocycles. The fourth-order valence-corrected chi connectivity index (χ4v) is 3.16. The van der Waals surface area contributed by atoms with Crippen molar-refractivity contribution >= 4 is 34.6 Å². The van der Waals surface area contributed by atoms with Crippen molar-refractivity contribution in [3.63, 3.8) is 0 Å². The number of piperazine rings is 1. The fraction of sp³-hybridized carbons (Fsp3) is 0.533. The highest BCUT2D eigenvalue weighted by atomic mass is 127. The topological polar surface area (TPSA) is 61.8 Å². The SMILES string of the molecule is O=Cc1ccc(N2CCNCC2CCOCCO)cc1I. The zero-order valence-corrected chi connectivity index (χ0v) is 14.1. The molecule has 0 bridgehead atoms. The van der Waals surface area contributed by atoms with Crippen LogP contribution in [0.5, 0.6) is 0 Å². The van der Waals surface area contributed by atoms with Gasteiger partial charge in [0, 0.05) is 47.1 Å². The molecule has 5 nitrogen and oxygen atoms in total. The third kappa shape index (κ3) is 4.64. The molecule has 0 spiro atoms. The molecule has 0 amide bonds. The van der Waals surface area contributed by atoms with Crippen LogP contribution in [-0.2, 0) is 4.74 Å². The summed E-state index contributed by atoms with van der Waals surface area (Å²) in [5.74, 6) is 0. The highest BCUT2D eigenvalue weighted by Gasteiger charge is 2.22. The smallest absolute Gasteiger partial charge is 0.151 e. The number of hydrogen-bond donors (Lipinski definition) is 2. The zero-order chi connectivity index (χ0) is 15.1. The fourth-order valence-electron chi connectivity index (χ4n) is 2.54. The van der Waals surface area contributed by atoms with Gasteiger partial charge in [0.2, 0.25) is 0 Å². The van der Waals surface area contributed by atoms with Gasteiger partial charge in [-0.1, -0.05) is 0 Å². The maximum atomic E-state index is 10.9. The largest absolute Gasteiger partial charge is 0.394 e. The summed E-state index contributed by atoms with van der Waals surface area (Å²) in [6, 6.07) is 6.33. The summed E-state index contributed by atoms with van der Waals surface area (Å²) in [5, 5.41) is 12.1. The standard InChI is InChI=1S/C15H21IN2O3/c16-15-9-13(2-1-12(15)11-20)18-5-4-17-10-14(18)3-7-21-8-6-19/h1-2,9,11,14,17,19H,3-8,10H2. The van der Waals surface area contributed by atoms with Crippen LogP contribution in [-0.4, -0.2) is 56.9 Å². The minimum absolute atomic E-state index is 0.0674. The van der Waals surface area contributed by atoms with Crippen LogP contribution < -0.4 is 10.2 Å². The molecule has 1 heterocycles. The molecule has 1 aromatic rings. The Balaban J connectivity index is 2.03. The predicted molar refractivity (Wildman–Crippen MR) is 91.1 cm³/mol. The molecule has 0 saturated carbocycles. The Morgan fingerprint density at radius 2 is 2.33 bits per heavy atom. The number of anilines is 1. The Kier molecular flexibility index (Phi) is 6.88. The van der Waals surface area contributed by atoms with Crippen LogP contribution in [0.3, 0.4) is 0 Å². The summed E-state index contributed by atoms with van der Waals surface area (Å²) >= 11 is 2.20. The van der Waals surface area contributed by atoms with E-state index in [1.807, 2.05) is 12.1 Å². The van der Waals surface area contributed by atoms with E-state index in [-0.39, 0.29) is 6.61 Å². The van der Waals surface area contributed by atoms with E-state index < -0.39 is 0 Å². The van der Waals surface area contributed by atoms with Crippen LogP contribution in [0.15, 0.2) is 18.2 Å². The quantitative estimate of drug-likeness (QED) is 0.408. The number of halogens is 1. The number of carbonyl (C=O) groups excluding carboxylic acids is 1. The number of nitrogens with one attached hydrogen (secondary N) is 1. The predicted octanol–water partition coefficient (Wildman–Crippen LogP) is 1.28. The van der Waals surface area contributed by atoms with Crippen LogP contribution in [0.1, 0.15) is 16.8 Å². The van der Waals surface area contributed by atoms with E-state index in [1.54, 1.807) is 0 Å². The Bertz CT molecular complexity index is 470. The van der Waals surface area contributed by atoms with Crippen molar-refractivity contribution in [1.29, 1.82) is 0 Å². The molecule has 1 aliphatic rings. The van der Waals surface area contributed by atoms with Crippen LogP contribution >= 0.6 is 22.6 Å². The molecule has 2 rings (SSSR count). The first kappa shape index (κ1) is 16.7. The van der Waals surface area contributed by atoms with Crippen molar-refractivity contribution in [1.82, 2.24) is 5.32 Å². The maximum absolute atomic E-state index is 10.9. The van der Waals surface area contributed by atoms with Crippen LogP contribution in [0, 0.1) is 3.57 Å². The first-order valence-electron chi connectivity index (χ1n) is 7.17. The Morgan fingerprint density at radius 1 is 1.48 bits per heavy atom. The minimum atomic E-state index is 0.0674. The van der Waals surface area contributed by atoms with Gasteiger partial charge < -0.3 is 20.1 Å². The second-order valence-electron chi connectivity index (χ2n) is 5.00. The first-order valence-corrected chi connectivity index (χ1v) is 8.25. The molecule has 0 aromatic heterocycles. The van der Waals surface area contributed by atoms with E-state index in [9.17, 15) is 4.79 Å². The molecule has 0 radical (unpaired) electrons. The van der Waals surface area contributed by atoms with Gasteiger partial charge >= 0.3 is 0 Å². The van der Waals surface area contributed by atoms with Gasteiger partial charge in [0.1, 0.15) is 0 Å². The molecule has 1 atom stereocenters. The Hall–Kier alpha value is -0.700. The minimum Gasteiger partial charge on any atom is -0.394 e. The number of aliphatic hydroxyl groups is 1. The lowest BCUT2D eigenvalue weighted by molar-refractivity contribution is 0.0866. The summed E-state index contributed by atoms with van der Waals surface area (Å²) in [7, 11) is 0. The van der Waals surface area contributed by atoms with E-state index >= 15 is 0 Å². The maximum Gasteiger partial charge on any atom is 0.151 e. The summed E-state index contributed by atoms with van der Waals surface area (Å²) in [6.45, 7) is 3.94. The van der Waals surface area contributed by atoms with Gasteiger partial charge in [-0.15, -0.1) is 0 Å². The van der Waals surface area contributed by atoms with Gasteiger partial charge in [-0.2, -0.15) is 0 Å². The van der Waals surface area contributed by atoms with Crippen molar-refractivity contribution in [2.45, 2.75) is 12.5 Å². The molecular formula is C15H21IN2O3. The monoisotopic (exact) mass is 404 g/mol. The summed E-state index contributed by atoms with van der Waals surface area (Å²) < 4.78 is 6.36. The molecule has 21 heavy (non-hydrogen) atoms.